The van der Waals surface area contributed by atoms with E-state index in [4.69, 9.17) is 9.47 Å². The van der Waals surface area contributed by atoms with Crippen LogP contribution in [0.15, 0.2) is 0 Å². The Balaban J connectivity index is 2.63. The lowest BCUT2D eigenvalue weighted by Crippen LogP contribution is -2.44. The first-order chi connectivity index (χ1) is 7.85. The average Bonchev–Trinajstić information content (AvgIpc) is 2.63. The molecule has 1 aliphatic heterocycles. The van der Waals surface area contributed by atoms with E-state index in [-0.39, 0.29) is 18.4 Å². The van der Waals surface area contributed by atoms with Gasteiger partial charge in [0.15, 0.2) is 5.78 Å². The maximum absolute atomic E-state index is 11.9. The first kappa shape index (κ1) is 14.0. The van der Waals surface area contributed by atoms with Crippen LogP contribution < -0.4 is 0 Å². The molecular weight excluding hydrogens is 222 g/mol. The first-order valence-electron chi connectivity index (χ1n) is 5.86. The Morgan fingerprint density at radius 2 is 2.00 bits per heavy atom. The molecule has 1 amide bonds. The zero-order chi connectivity index (χ0) is 13.1. The molecule has 1 unspecified atom stereocenters. The van der Waals surface area contributed by atoms with Crippen molar-refractivity contribution in [3.8, 4) is 0 Å². The Hall–Kier alpha value is -1.10. The Kier molecular flexibility index (Phi) is 4.51. The van der Waals surface area contributed by atoms with Gasteiger partial charge in [-0.1, -0.05) is 0 Å². The van der Waals surface area contributed by atoms with E-state index in [9.17, 15) is 9.59 Å². The Bertz CT molecular complexity index is 295. The topological polar surface area (TPSA) is 55.8 Å². The van der Waals surface area contributed by atoms with Crippen LogP contribution in [-0.2, 0) is 14.3 Å². The van der Waals surface area contributed by atoms with E-state index in [0.29, 0.717) is 13.0 Å². The lowest BCUT2D eigenvalue weighted by molar-refractivity contribution is -0.127. The van der Waals surface area contributed by atoms with Crippen molar-refractivity contribution < 1.29 is 19.1 Å². The number of hydrogen-bond donors (Lipinski definition) is 0. The van der Waals surface area contributed by atoms with E-state index in [1.165, 1.54) is 12.0 Å². The molecule has 98 valence electrons. The smallest absolute Gasteiger partial charge is 0.410 e. The highest BCUT2D eigenvalue weighted by atomic mass is 16.6. The molecule has 0 N–H and O–H groups in total. The second-order valence-corrected chi connectivity index (χ2v) is 5.23. The second kappa shape index (κ2) is 5.49. The molecule has 5 heteroatoms. The SMILES string of the molecule is COCC(=O)C1CCCN1C(=O)OC(C)(C)C. The summed E-state index contributed by atoms with van der Waals surface area (Å²) in [6.45, 7) is 6.06. The number of rotatable bonds is 3. The Morgan fingerprint density at radius 1 is 1.35 bits per heavy atom. The maximum Gasteiger partial charge on any atom is 0.410 e. The van der Waals surface area contributed by atoms with E-state index in [1.807, 2.05) is 20.8 Å². The van der Waals surface area contributed by atoms with Gasteiger partial charge in [0.05, 0.1) is 6.04 Å². The third-order valence-corrected chi connectivity index (χ3v) is 2.54. The van der Waals surface area contributed by atoms with Crippen LogP contribution in [0.4, 0.5) is 4.79 Å². The number of nitrogens with zero attached hydrogens (tertiary/aromatic N) is 1. The molecule has 1 aliphatic rings. The molecule has 17 heavy (non-hydrogen) atoms. The predicted molar refractivity (Wildman–Crippen MR) is 62.8 cm³/mol. The number of carbonyl (C=O) groups is 2. The quantitative estimate of drug-likeness (QED) is 0.755. The summed E-state index contributed by atoms with van der Waals surface area (Å²) in [6.07, 6.45) is 1.12. The molecule has 1 heterocycles. The molecule has 0 aromatic heterocycles. The lowest BCUT2D eigenvalue weighted by atomic mass is 10.1. The summed E-state index contributed by atoms with van der Waals surface area (Å²) in [5.74, 6) is -0.0594. The van der Waals surface area contributed by atoms with Crippen molar-refractivity contribution in [2.75, 3.05) is 20.3 Å². The van der Waals surface area contributed by atoms with Gasteiger partial charge >= 0.3 is 6.09 Å². The van der Waals surface area contributed by atoms with Crippen molar-refractivity contribution in [3.05, 3.63) is 0 Å². The molecule has 0 bridgehead atoms. The normalized spacial score (nSPS) is 20.5. The number of Topliss-reactive ketones (excluding diaryl/α,β-unsaturated/α-hetero) is 1. The minimum absolute atomic E-state index is 0.0456. The van der Waals surface area contributed by atoms with Gasteiger partial charge in [-0.25, -0.2) is 4.79 Å². The molecule has 0 aromatic carbocycles. The van der Waals surface area contributed by atoms with Gasteiger partial charge in [0.2, 0.25) is 0 Å². The minimum Gasteiger partial charge on any atom is -0.444 e. The fourth-order valence-electron chi connectivity index (χ4n) is 1.88. The minimum atomic E-state index is -0.533. The number of methoxy groups -OCH3 is 1. The van der Waals surface area contributed by atoms with Crippen LogP contribution in [0.3, 0.4) is 0 Å². The molecule has 1 rings (SSSR count). The van der Waals surface area contributed by atoms with Crippen molar-refractivity contribution >= 4 is 11.9 Å². The fourth-order valence-corrected chi connectivity index (χ4v) is 1.88. The van der Waals surface area contributed by atoms with Crippen LogP contribution in [0.2, 0.25) is 0 Å². The third kappa shape index (κ3) is 4.00. The average molecular weight is 243 g/mol. The summed E-state index contributed by atoms with van der Waals surface area (Å²) in [4.78, 5) is 25.1. The van der Waals surface area contributed by atoms with Crippen LogP contribution in [-0.4, -0.2) is 48.7 Å². The fraction of sp³-hybridized carbons (Fsp3) is 0.833. The molecule has 5 nitrogen and oxygen atoms in total. The maximum atomic E-state index is 11.9. The monoisotopic (exact) mass is 243 g/mol. The van der Waals surface area contributed by atoms with Crippen LogP contribution in [0.5, 0.6) is 0 Å². The van der Waals surface area contributed by atoms with Crippen molar-refractivity contribution in [2.24, 2.45) is 0 Å². The van der Waals surface area contributed by atoms with Gasteiger partial charge in [-0.15, -0.1) is 0 Å². The number of hydrogen-bond acceptors (Lipinski definition) is 4. The van der Waals surface area contributed by atoms with E-state index in [2.05, 4.69) is 0 Å². The largest absolute Gasteiger partial charge is 0.444 e. The number of likely N-dealkylation sites (tertiary alicyclic amines) is 1. The van der Waals surface area contributed by atoms with E-state index >= 15 is 0 Å². The zero-order valence-electron chi connectivity index (χ0n) is 11.0. The third-order valence-electron chi connectivity index (χ3n) is 2.54. The first-order valence-corrected chi connectivity index (χ1v) is 5.86. The zero-order valence-corrected chi connectivity index (χ0v) is 11.0. The molecule has 0 aliphatic carbocycles. The molecule has 0 aromatic rings. The van der Waals surface area contributed by atoms with E-state index in [1.54, 1.807) is 0 Å². The van der Waals surface area contributed by atoms with Gasteiger partial charge < -0.3 is 9.47 Å². The van der Waals surface area contributed by atoms with Crippen molar-refractivity contribution in [1.29, 1.82) is 0 Å². The van der Waals surface area contributed by atoms with Gasteiger partial charge in [0.25, 0.3) is 0 Å². The summed E-state index contributed by atoms with van der Waals surface area (Å²) in [5.41, 5.74) is -0.533. The van der Waals surface area contributed by atoms with Crippen LogP contribution in [0.1, 0.15) is 33.6 Å². The van der Waals surface area contributed by atoms with Crippen molar-refractivity contribution in [3.63, 3.8) is 0 Å². The van der Waals surface area contributed by atoms with Crippen LogP contribution in [0, 0.1) is 0 Å². The standard InChI is InChI=1S/C12H21NO4/c1-12(2,3)17-11(15)13-7-5-6-9(13)10(14)8-16-4/h9H,5-8H2,1-4H3. The number of carbonyl (C=O) groups excluding carboxylic acids is 2. The summed E-state index contributed by atoms with van der Waals surface area (Å²) < 4.78 is 10.1. The molecule has 1 atom stereocenters. The molecule has 0 saturated carbocycles. The van der Waals surface area contributed by atoms with Gasteiger partial charge in [-0.2, -0.15) is 0 Å². The molecule has 0 radical (unpaired) electrons. The number of ketones is 1. The van der Waals surface area contributed by atoms with Crippen molar-refractivity contribution in [1.82, 2.24) is 4.90 Å². The highest BCUT2D eigenvalue weighted by Gasteiger charge is 2.36. The number of amides is 1. The summed E-state index contributed by atoms with van der Waals surface area (Å²) >= 11 is 0. The van der Waals surface area contributed by atoms with Gasteiger partial charge in [0, 0.05) is 13.7 Å². The Morgan fingerprint density at radius 3 is 2.53 bits per heavy atom. The molecule has 1 fully saturated rings. The number of ether oxygens (including phenoxy) is 2. The highest BCUT2D eigenvalue weighted by molar-refractivity contribution is 5.88. The summed E-state index contributed by atoms with van der Waals surface area (Å²) in [5, 5.41) is 0. The predicted octanol–water partition coefficient (Wildman–Crippen LogP) is 1.60. The van der Waals surface area contributed by atoms with Crippen LogP contribution >= 0.6 is 0 Å². The van der Waals surface area contributed by atoms with Crippen LogP contribution in [0.25, 0.3) is 0 Å². The summed E-state index contributed by atoms with van der Waals surface area (Å²) in [6, 6.07) is -0.384. The molecule has 0 spiro atoms. The summed E-state index contributed by atoms with van der Waals surface area (Å²) in [7, 11) is 1.48. The second-order valence-electron chi connectivity index (χ2n) is 5.23. The Labute approximate surface area is 102 Å². The van der Waals surface area contributed by atoms with Gasteiger partial charge in [-0.3, -0.25) is 9.69 Å². The molecule has 1 saturated heterocycles. The highest BCUT2D eigenvalue weighted by Crippen LogP contribution is 2.21. The van der Waals surface area contributed by atoms with Gasteiger partial charge in [0.1, 0.15) is 12.2 Å². The van der Waals surface area contributed by atoms with Crippen molar-refractivity contribution in [2.45, 2.75) is 45.3 Å². The van der Waals surface area contributed by atoms with E-state index in [0.717, 1.165) is 6.42 Å². The molecular formula is C12H21NO4. The van der Waals surface area contributed by atoms with E-state index < -0.39 is 11.7 Å². The lowest BCUT2D eigenvalue weighted by Gasteiger charge is -2.27. The van der Waals surface area contributed by atoms with Gasteiger partial charge in [-0.05, 0) is 33.6 Å².